The van der Waals surface area contributed by atoms with Crippen LogP contribution in [0.1, 0.15) is 19.3 Å². The molecule has 0 fully saturated rings. The van der Waals surface area contributed by atoms with E-state index in [1.807, 2.05) is 24.3 Å². The van der Waals surface area contributed by atoms with Crippen LogP contribution in [0.15, 0.2) is 24.3 Å². The van der Waals surface area contributed by atoms with Gasteiger partial charge in [0, 0.05) is 20.3 Å². The van der Waals surface area contributed by atoms with Crippen LogP contribution >= 0.6 is 0 Å². The number of hydrogen-bond acceptors (Lipinski definition) is 4. The van der Waals surface area contributed by atoms with Crippen molar-refractivity contribution in [3.63, 3.8) is 0 Å². The van der Waals surface area contributed by atoms with Gasteiger partial charge in [-0.2, -0.15) is 0 Å². The fraction of sp³-hybridized carbons (Fsp3) is 0.600. The molecule has 1 aromatic carbocycles. The van der Waals surface area contributed by atoms with Crippen molar-refractivity contribution < 1.29 is 14.2 Å². The van der Waals surface area contributed by atoms with Crippen LogP contribution in [0.3, 0.4) is 0 Å². The largest absolute Gasteiger partial charge is 0.497 e. The maximum atomic E-state index is 5.61. The summed E-state index contributed by atoms with van der Waals surface area (Å²) in [5.74, 6) is 1.73. The number of benzene rings is 1. The quantitative estimate of drug-likeness (QED) is 0.625. The second-order valence-corrected chi connectivity index (χ2v) is 4.33. The standard InChI is InChI=1S/C15H25NO3/c1-17-12-5-3-4-10-16-11-13-19-15-8-6-14(18-2)7-9-15/h6-9,16H,3-5,10-13H2,1-2H3. The fourth-order valence-corrected chi connectivity index (χ4v) is 1.71. The molecule has 0 bridgehead atoms. The van der Waals surface area contributed by atoms with Gasteiger partial charge in [-0.3, -0.25) is 0 Å². The molecule has 19 heavy (non-hydrogen) atoms. The zero-order valence-corrected chi connectivity index (χ0v) is 12.0. The SMILES string of the molecule is COCCCCCNCCOc1ccc(OC)cc1. The van der Waals surface area contributed by atoms with E-state index in [2.05, 4.69) is 5.32 Å². The molecule has 0 heterocycles. The van der Waals surface area contributed by atoms with Gasteiger partial charge in [-0.25, -0.2) is 0 Å². The summed E-state index contributed by atoms with van der Waals surface area (Å²) in [7, 11) is 3.40. The summed E-state index contributed by atoms with van der Waals surface area (Å²) >= 11 is 0. The van der Waals surface area contributed by atoms with Crippen LogP contribution in [-0.2, 0) is 4.74 Å². The lowest BCUT2D eigenvalue weighted by atomic mass is 10.2. The van der Waals surface area contributed by atoms with Crippen LogP contribution in [0.5, 0.6) is 11.5 Å². The van der Waals surface area contributed by atoms with Gasteiger partial charge in [0.05, 0.1) is 7.11 Å². The Morgan fingerprint density at radius 1 is 0.842 bits per heavy atom. The Labute approximate surface area is 116 Å². The molecule has 0 aliphatic rings. The molecular weight excluding hydrogens is 242 g/mol. The zero-order chi connectivity index (χ0) is 13.8. The lowest BCUT2D eigenvalue weighted by molar-refractivity contribution is 0.192. The molecule has 1 N–H and O–H groups in total. The second-order valence-electron chi connectivity index (χ2n) is 4.33. The average Bonchev–Trinajstić information content (AvgIpc) is 2.46. The Morgan fingerprint density at radius 2 is 1.58 bits per heavy atom. The van der Waals surface area contributed by atoms with Gasteiger partial charge in [0.25, 0.3) is 0 Å². The molecule has 0 saturated carbocycles. The smallest absolute Gasteiger partial charge is 0.119 e. The zero-order valence-electron chi connectivity index (χ0n) is 12.0. The van der Waals surface area contributed by atoms with Gasteiger partial charge in [0.2, 0.25) is 0 Å². The number of methoxy groups -OCH3 is 2. The molecule has 4 heteroatoms. The highest BCUT2D eigenvalue weighted by molar-refractivity contribution is 5.31. The number of unbranched alkanes of at least 4 members (excludes halogenated alkanes) is 2. The van der Waals surface area contributed by atoms with Crippen molar-refractivity contribution in [2.24, 2.45) is 0 Å². The third-order valence-electron chi connectivity index (χ3n) is 2.81. The predicted molar refractivity (Wildman–Crippen MR) is 77.1 cm³/mol. The van der Waals surface area contributed by atoms with E-state index in [0.717, 1.165) is 37.6 Å². The van der Waals surface area contributed by atoms with Crippen LogP contribution < -0.4 is 14.8 Å². The van der Waals surface area contributed by atoms with Gasteiger partial charge in [-0.15, -0.1) is 0 Å². The summed E-state index contributed by atoms with van der Waals surface area (Å²) in [6, 6.07) is 7.64. The lowest BCUT2D eigenvalue weighted by Gasteiger charge is -2.08. The van der Waals surface area contributed by atoms with E-state index in [1.54, 1.807) is 14.2 Å². The minimum atomic E-state index is 0.685. The Balaban J connectivity index is 1.95. The molecule has 4 nitrogen and oxygen atoms in total. The molecule has 0 atom stereocenters. The molecule has 1 aromatic rings. The number of nitrogens with one attached hydrogen (secondary N) is 1. The summed E-state index contributed by atoms with van der Waals surface area (Å²) < 4.78 is 15.7. The minimum absolute atomic E-state index is 0.685. The minimum Gasteiger partial charge on any atom is -0.497 e. The molecule has 0 saturated heterocycles. The van der Waals surface area contributed by atoms with Crippen LogP contribution in [0.25, 0.3) is 0 Å². The Bertz CT molecular complexity index is 314. The normalized spacial score (nSPS) is 10.4. The second kappa shape index (κ2) is 10.6. The third-order valence-corrected chi connectivity index (χ3v) is 2.81. The molecule has 0 aliphatic carbocycles. The first kappa shape index (κ1) is 15.8. The van der Waals surface area contributed by atoms with Crippen molar-refractivity contribution in [2.75, 3.05) is 40.5 Å². The van der Waals surface area contributed by atoms with Crippen LogP contribution in [0.4, 0.5) is 0 Å². The molecule has 0 amide bonds. The number of ether oxygens (including phenoxy) is 3. The number of hydrogen-bond donors (Lipinski definition) is 1. The molecular formula is C15H25NO3. The monoisotopic (exact) mass is 267 g/mol. The van der Waals surface area contributed by atoms with Gasteiger partial charge < -0.3 is 19.5 Å². The average molecular weight is 267 g/mol. The third kappa shape index (κ3) is 7.70. The van der Waals surface area contributed by atoms with Gasteiger partial charge in [0.1, 0.15) is 18.1 Å². The first-order valence-corrected chi connectivity index (χ1v) is 6.83. The molecule has 0 aliphatic heterocycles. The van der Waals surface area contributed by atoms with Crippen molar-refractivity contribution >= 4 is 0 Å². The van der Waals surface area contributed by atoms with Gasteiger partial charge >= 0.3 is 0 Å². The van der Waals surface area contributed by atoms with E-state index in [-0.39, 0.29) is 0 Å². The summed E-state index contributed by atoms with van der Waals surface area (Å²) in [5.41, 5.74) is 0. The highest BCUT2D eigenvalue weighted by Crippen LogP contribution is 2.16. The molecule has 0 aromatic heterocycles. The van der Waals surface area contributed by atoms with Crippen molar-refractivity contribution in [2.45, 2.75) is 19.3 Å². The Kier molecular flexibility index (Phi) is 8.85. The van der Waals surface area contributed by atoms with Crippen LogP contribution in [0, 0.1) is 0 Å². The van der Waals surface area contributed by atoms with E-state index in [0.29, 0.717) is 6.61 Å². The van der Waals surface area contributed by atoms with E-state index in [4.69, 9.17) is 14.2 Å². The van der Waals surface area contributed by atoms with E-state index in [9.17, 15) is 0 Å². The van der Waals surface area contributed by atoms with E-state index in [1.165, 1.54) is 12.8 Å². The van der Waals surface area contributed by atoms with Crippen molar-refractivity contribution in [1.82, 2.24) is 5.32 Å². The molecule has 1 rings (SSSR count). The highest BCUT2D eigenvalue weighted by atomic mass is 16.5. The maximum Gasteiger partial charge on any atom is 0.119 e. The molecule has 0 unspecified atom stereocenters. The summed E-state index contributed by atoms with van der Waals surface area (Å²) in [6.07, 6.45) is 3.53. The first-order chi connectivity index (χ1) is 9.36. The van der Waals surface area contributed by atoms with E-state index >= 15 is 0 Å². The fourth-order valence-electron chi connectivity index (χ4n) is 1.71. The van der Waals surface area contributed by atoms with Crippen LogP contribution in [0.2, 0.25) is 0 Å². The molecule has 0 radical (unpaired) electrons. The summed E-state index contributed by atoms with van der Waals surface area (Å²) in [5, 5.41) is 3.36. The van der Waals surface area contributed by atoms with E-state index < -0.39 is 0 Å². The summed E-state index contributed by atoms with van der Waals surface area (Å²) in [4.78, 5) is 0. The topological polar surface area (TPSA) is 39.7 Å². The van der Waals surface area contributed by atoms with Crippen molar-refractivity contribution in [1.29, 1.82) is 0 Å². The molecule has 108 valence electrons. The highest BCUT2D eigenvalue weighted by Gasteiger charge is 1.95. The lowest BCUT2D eigenvalue weighted by Crippen LogP contribution is -2.22. The predicted octanol–water partition coefficient (Wildman–Crippen LogP) is 2.48. The Morgan fingerprint density at radius 3 is 2.26 bits per heavy atom. The van der Waals surface area contributed by atoms with Crippen LogP contribution in [-0.4, -0.2) is 40.5 Å². The first-order valence-electron chi connectivity index (χ1n) is 6.83. The Hall–Kier alpha value is -1.26. The van der Waals surface area contributed by atoms with Crippen molar-refractivity contribution in [3.8, 4) is 11.5 Å². The summed E-state index contributed by atoms with van der Waals surface area (Å²) in [6.45, 7) is 3.46. The van der Waals surface area contributed by atoms with Gasteiger partial charge in [-0.1, -0.05) is 0 Å². The van der Waals surface area contributed by atoms with Crippen molar-refractivity contribution in [3.05, 3.63) is 24.3 Å². The van der Waals surface area contributed by atoms with Gasteiger partial charge in [-0.05, 0) is 50.1 Å². The van der Waals surface area contributed by atoms with Gasteiger partial charge in [0.15, 0.2) is 0 Å². The maximum absolute atomic E-state index is 5.61. The molecule has 0 spiro atoms. The number of rotatable bonds is 11.